The predicted octanol–water partition coefficient (Wildman–Crippen LogP) is 2.15. The molecule has 0 bridgehead atoms. The van der Waals surface area contributed by atoms with E-state index in [2.05, 4.69) is 5.32 Å². The molecule has 1 unspecified atom stereocenters. The smallest absolute Gasteiger partial charge is 0.0922 e. The first-order valence-corrected chi connectivity index (χ1v) is 6.46. The minimum absolute atomic E-state index is 0.453. The largest absolute Gasteiger partial charge is 0.398 e. The van der Waals surface area contributed by atoms with Crippen molar-refractivity contribution in [2.24, 2.45) is 0 Å². The highest BCUT2D eigenvalue weighted by atomic mass is 32.1. The summed E-state index contributed by atoms with van der Waals surface area (Å²) >= 11 is 1.59. The average Bonchev–Trinajstić information content (AvgIpc) is 2.85. The fourth-order valence-corrected chi connectivity index (χ4v) is 2.33. The van der Waals surface area contributed by atoms with Crippen LogP contribution in [-0.2, 0) is 6.54 Å². The summed E-state index contributed by atoms with van der Waals surface area (Å²) in [5.74, 6) is 0. The molecule has 4 N–H and O–H groups in total. The van der Waals surface area contributed by atoms with Gasteiger partial charge in [-0.1, -0.05) is 18.2 Å². The molecule has 0 amide bonds. The van der Waals surface area contributed by atoms with Crippen LogP contribution in [0.25, 0.3) is 0 Å². The van der Waals surface area contributed by atoms with E-state index in [1.807, 2.05) is 41.1 Å². The average molecular weight is 248 g/mol. The molecule has 4 heteroatoms. The summed E-state index contributed by atoms with van der Waals surface area (Å²) in [7, 11) is 0. The van der Waals surface area contributed by atoms with E-state index >= 15 is 0 Å². The summed E-state index contributed by atoms with van der Waals surface area (Å²) in [6.45, 7) is 1.21. The Morgan fingerprint density at radius 2 is 2.12 bits per heavy atom. The molecule has 1 heterocycles. The lowest BCUT2D eigenvalue weighted by molar-refractivity contribution is 0.175. The number of para-hydroxylation sites is 1. The Hall–Kier alpha value is -1.36. The zero-order valence-corrected chi connectivity index (χ0v) is 10.3. The van der Waals surface area contributed by atoms with Crippen LogP contribution in [0.3, 0.4) is 0 Å². The molecule has 0 aliphatic heterocycles. The van der Waals surface area contributed by atoms with Crippen molar-refractivity contribution < 1.29 is 5.11 Å². The van der Waals surface area contributed by atoms with Crippen molar-refractivity contribution in [1.82, 2.24) is 5.32 Å². The second kappa shape index (κ2) is 5.82. The standard InChI is InChI=1S/C13H16N2OS/c14-12-4-2-1-3-10(12)7-15-8-13(16)11-5-6-17-9-11/h1-6,9,13,15-16H,7-8,14H2. The van der Waals surface area contributed by atoms with Gasteiger partial charge in [-0.2, -0.15) is 11.3 Å². The van der Waals surface area contributed by atoms with Crippen LogP contribution in [-0.4, -0.2) is 11.7 Å². The molecular formula is C13H16N2OS. The van der Waals surface area contributed by atoms with Crippen molar-refractivity contribution in [2.75, 3.05) is 12.3 Å². The summed E-state index contributed by atoms with van der Waals surface area (Å²) in [5.41, 5.74) is 8.64. The summed E-state index contributed by atoms with van der Waals surface area (Å²) in [6.07, 6.45) is -0.453. The Kier molecular flexibility index (Phi) is 4.14. The van der Waals surface area contributed by atoms with E-state index in [1.165, 1.54) is 0 Å². The second-order valence-corrected chi connectivity index (χ2v) is 4.68. The molecule has 1 aromatic carbocycles. The molecule has 0 spiro atoms. The van der Waals surface area contributed by atoms with Crippen LogP contribution in [0.2, 0.25) is 0 Å². The number of benzene rings is 1. The second-order valence-electron chi connectivity index (χ2n) is 3.90. The highest BCUT2D eigenvalue weighted by Crippen LogP contribution is 2.15. The van der Waals surface area contributed by atoms with E-state index in [4.69, 9.17) is 5.73 Å². The molecule has 90 valence electrons. The zero-order valence-electron chi connectivity index (χ0n) is 9.47. The van der Waals surface area contributed by atoms with Crippen molar-refractivity contribution in [2.45, 2.75) is 12.6 Å². The minimum atomic E-state index is -0.453. The van der Waals surface area contributed by atoms with Crippen LogP contribution in [0.1, 0.15) is 17.2 Å². The molecule has 2 rings (SSSR count). The number of aliphatic hydroxyl groups is 1. The van der Waals surface area contributed by atoms with Gasteiger partial charge in [0, 0.05) is 18.8 Å². The van der Waals surface area contributed by atoms with Gasteiger partial charge in [0.15, 0.2) is 0 Å². The molecular weight excluding hydrogens is 232 g/mol. The monoisotopic (exact) mass is 248 g/mol. The highest BCUT2D eigenvalue weighted by molar-refractivity contribution is 7.07. The van der Waals surface area contributed by atoms with Crippen LogP contribution in [0.5, 0.6) is 0 Å². The van der Waals surface area contributed by atoms with E-state index in [1.54, 1.807) is 11.3 Å². The summed E-state index contributed by atoms with van der Waals surface area (Å²) in [5, 5.41) is 17.0. The van der Waals surface area contributed by atoms with Gasteiger partial charge in [0.1, 0.15) is 0 Å². The fourth-order valence-electron chi connectivity index (χ4n) is 1.62. The lowest BCUT2D eigenvalue weighted by Gasteiger charge is -2.11. The van der Waals surface area contributed by atoms with E-state index in [9.17, 15) is 5.11 Å². The van der Waals surface area contributed by atoms with Crippen molar-refractivity contribution in [3.63, 3.8) is 0 Å². The van der Waals surface area contributed by atoms with Gasteiger partial charge in [-0.3, -0.25) is 0 Å². The Morgan fingerprint density at radius 1 is 1.29 bits per heavy atom. The van der Waals surface area contributed by atoms with Gasteiger partial charge in [0.25, 0.3) is 0 Å². The first-order valence-electron chi connectivity index (χ1n) is 5.51. The SMILES string of the molecule is Nc1ccccc1CNCC(O)c1ccsc1. The molecule has 0 fully saturated rings. The highest BCUT2D eigenvalue weighted by Gasteiger charge is 2.07. The zero-order chi connectivity index (χ0) is 12.1. The van der Waals surface area contributed by atoms with Crippen LogP contribution < -0.4 is 11.1 Å². The third kappa shape index (κ3) is 3.30. The van der Waals surface area contributed by atoms with Gasteiger partial charge in [0.2, 0.25) is 0 Å². The van der Waals surface area contributed by atoms with Crippen molar-refractivity contribution in [1.29, 1.82) is 0 Å². The molecule has 2 aromatic rings. The molecule has 3 nitrogen and oxygen atoms in total. The van der Waals surface area contributed by atoms with Gasteiger partial charge in [0.05, 0.1) is 6.10 Å². The number of rotatable bonds is 5. The maximum absolute atomic E-state index is 9.87. The lowest BCUT2D eigenvalue weighted by atomic mass is 10.1. The van der Waals surface area contributed by atoms with Gasteiger partial charge in [-0.25, -0.2) is 0 Å². The van der Waals surface area contributed by atoms with Gasteiger partial charge < -0.3 is 16.2 Å². The quantitative estimate of drug-likeness (QED) is 0.711. The molecule has 0 aliphatic carbocycles. The van der Waals surface area contributed by atoms with E-state index in [0.717, 1.165) is 16.8 Å². The van der Waals surface area contributed by atoms with Crippen LogP contribution >= 0.6 is 11.3 Å². The summed E-state index contributed by atoms with van der Waals surface area (Å²) in [4.78, 5) is 0. The number of nitrogen functional groups attached to an aromatic ring is 1. The third-order valence-corrected chi connectivity index (χ3v) is 3.34. The van der Waals surface area contributed by atoms with Crippen molar-refractivity contribution in [3.8, 4) is 0 Å². The molecule has 0 saturated carbocycles. The van der Waals surface area contributed by atoms with Crippen LogP contribution in [0.15, 0.2) is 41.1 Å². The third-order valence-electron chi connectivity index (χ3n) is 2.64. The Balaban J connectivity index is 1.82. The Morgan fingerprint density at radius 3 is 2.82 bits per heavy atom. The first kappa shape index (κ1) is 12.1. The van der Waals surface area contributed by atoms with E-state index in [-0.39, 0.29) is 0 Å². The Bertz CT molecular complexity index is 456. The Labute approximate surface area is 105 Å². The molecule has 0 radical (unpaired) electrons. The van der Waals surface area contributed by atoms with Gasteiger partial charge in [-0.15, -0.1) is 0 Å². The van der Waals surface area contributed by atoms with Gasteiger partial charge in [-0.05, 0) is 34.0 Å². The van der Waals surface area contributed by atoms with Crippen molar-refractivity contribution in [3.05, 3.63) is 52.2 Å². The number of thiophene rings is 1. The normalized spacial score (nSPS) is 12.5. The van der Waals surface area contributed by atoms with E-state index in [0.29, 0.717) is 13.1 Å². The molecule has 1 atom stereocenters. The number of nitrogens with two attached hydrogens (primary N) is 1. The summed E-state index contributed by atoms with van der Waals surface area (Å²) < 4.78 is 0. The lowest BCUT2D eigenvalue weighted by Crippen LogP contribution is -2.21. The van der Waals surface area contributed by atoms with Gasteiger partial charge >= 0.3 is 0 Å². The summed E-state index contributed by atoms with van der Waals surface area (Å²) in [6, 6.07) is 9.68. The number of hydrogen-bond donors (Lipinski definition) is 3. The number of anilines is 1. The molecule has 0 saturated heterocycles. The topological polar surface area (TPSA) is 58.3 Å². The molecule has 0 aliphatic rings. The molecule has 1 aromatic heterocycles. The predicted molar refractivity (Wildman–Crippen MR) is 71.8 cm³/mol. The number of nitrogens with one attached hydrogen (secondary N) is 1. The fraction of sp³-hybridized carbons (Fsp3) is 0.231. The molecule has 17 heavy (non-hydrogen) atoms. The van der Waals surface area contributed by atoms with Crippen molar-refractivity contribution >= 4 is 17.0 Å². The minimum Gasteiger partial charge on any atom is -0.398 e. The maximum atomic E-state index is 9.87. The number of hydrogen-bond acceptors (Lipinski definition) is 4. The van der Waals surface area contributed by atoms with E-state index < -0.39 is 6.10 Å². The van der Waals surface area contributed by atoms with Crippen LogP contribution in [0.4, 0.5) is 5.69 Å². The van der Waals surface area contributed by atoms with Crippen LogP contribution in [0, 0.1) is 0 Å². The maximum Gasteiger partial charge on any atom is 0.0922 e. The number of aliphatic hydroxyl groups excluding tert-OH is 1. The first-order chi connectivity index (χ1) is 8.27.